The topological polar surface area (TPSA) is 20.3 Å². The smallest absolute Gasteiger partial charge is 0.228 e. The highest BCUT2D eigenvalue weighted by atomic mass is 16.2. The second kappa shape index (κ2) is 4.16. The van der Waals surface area contributed by atoms with Gasteiger partial charge >= 0.3 is 0 Å². The molecule has 0 spiro atoms. The molecule has 0 saturated carbocycles. The average Bonchev–Trinajstić information content (AvgIpc) is 2.04. The highest BCUT2D eigenvalue weighted by molar-refractivity contribution is 5.80. The van der Waals surface area contributed by atoms with E-state index in [0.717, 1.165) is 13.0 Å². The van der Waals surface area contributed by atoms with Gasteiger partial charge in [-0.25, -0.2) is 0 Å². The molecule has 64 valence electrons. The van der Waals surface area contributed by atoms with Crippen molar-refractivity contribution in [3.63, 3.8) is 0 Å². The van der Waals surface area contributed by atoms with Crippen LogP contribution in [0.25, 0.3) is 0 Å². The van der Waals surface area contributed by atoms with E-state index in [0.29, 0.717) is 0 Å². The SMILES string of the molecule is C.CC1C=CCCN(C)C1=O. The standard InChI is InChI=1S/C8H13NO.CH4/c1-7-5-3-4-6-9(2)8(7)10;/h3,5,7H,4,6H2,1-2H3;1H4. The van der Waals surface area contributed by atoms with Gasteiger partial charge in [0, 0.05) is 13.6 Å². The lowest BCUT2D eigenvalue weighted by atomic mass is 10.1. The van der Waals surface area contributed by atoms with E-state index in [4.69, 9.17) is 0 Å². The van der Waals surface area contributed by atoms with Gasteiger partial charge in [-0.1, -0.05) is 26.5 Å². The van der Waals surface area contributed by atoms with Gasteiger partial charge in [0.15, 0.2) is 0 Å². The Morgan fingerprint density at radius 2 is 2.27 bits per heavy atom. The lowest BCUT2D eigenvalue weighted by Crippen LogP contribution is -2.29. The Labute approximate surface area is 68.9 Å². The number of carbonyl (C=O) groups excluding carboxylic acids is 1. The molecule has 0 aromatic heterocycles. The Balaban J connectivity index is 0.000001000. The van der Waals surface area contributed by atoms with Crippen molar-refractivity contribution in [2.75, 3.05) is 13.6 Å². The fourth-order valence-electron chi connectivity index (χ4n) is 1.11. The monoisotopic (exact) mass is 155 g/mol. The summed E-state index contributed by atoms with van der Waals surface area (Å²) < 4.78 is 0. The second-order valence-electron chi connectivity index (χ2n) is 2.77. The maximum atomic E-state index is 11.2. The van der Waals surface area contributed by atoms with Crippen molar-refractivity contribution in [2.45, 2.75) is 20.8 Å². The molecule has 0 N–H and O–H groups in total. The third kappa shape index (κ3) is 2.37. The van der Waals surface area contributed by atoms with Crippen molar-refractivity contribution in [1.29, 1.82) is 0 Å². The Kier molecular flexibility index (Phi) is 3.86. The third-order valence-electron chi connectivity index (χ3n) is 1.82. The molecule has 0 radical (unpaired) electrons. The summed E-state index contributed by atoms with van der Waals surface area (Å²) in [4.78, 5) is 13.0. The minimum Gasteiger partial charge on any atom is -0.345 e. The van der Waals surface area contributed by atoms with Crippen molar-refractivity contribution in [3.8, 4) is 0 Å². The Morgan fingerprint density at radius 1 is 1.64 bits per heavy atom. The zero-order chi connectivity index (χ0) is 7.56. The lowest BCUT2D eigenvalue weighted by molar-refractivity contribution is -0.131. The van der Waals surface area contributed by atoms with Gasteiger partial charge < -0.3 is 4.90 Å². The molecule has 1 unspecified atom stereocenters. The fraction of sp³-hybridized carbons (Fsp3) is 0.667. The van der Waals surface area contributed by atoms with E-state index in [1.165, 1.54) is 0 Å². The van der Waals surface area contributed by atoms with E-state index in [9.17, 15) is 4.79 Å². The van der Waals surface area contributed by atoms with Gasteiger partial charge in [-0.15, -0.1) is 0 Å². The van der Waals surface area contributed by atoms with E-state index >= 15 is 0 Å². The molecule has 0 saturated heterocycles. The molecule has 0 fully saturated rings. The molecule has 1 aliphatic rings. The highest BCUT2D eigenvalue weighted by Gasteiger charge is 2.15. The summed E-state index contributed by atoms with van der Waals surface area (Å²) in [7, 11) is 1.85. The quantitative estimate of drug-likeness (QED) is 0.487. The number of nitrogens with zero attached hydrogens (tertiary/aromatic N) is 1. The van der Waals surface area contributed by atoms with Crippen LogP contribution in [-0.4, -0.2) is 24.4 Å². The molecule has 11 heavy (non-hydrogen) atoms. The minimum absolute atomic E-state index is 0. The molecule has 0 aromatic rings. The molecule has 1 amide bonds. The van der Waals surface area contributed by atoms with Gasteiger partial charge in [0.1, 0.15) is 0 Å². The number of carbonyl (C=O) groups is 1. The average molecular weight is 155 g/mol. The molecular weight excluding hydrogens is 138 g/mol. The van der Waals surface area contributed by atoms with Crippen molar-refractivity contribution < 1.29 is 4.79 Å². The predicted octanol–water partition coefficient (Wildman–Crippen LogP) is 1.68. The Bertz CT molecular complexity index is 163. The van der Waals surface area contributed by atoms with Crippen LogP contribution in [0.5, 0.6) is 0 Å². The third-order valence-corrected chi connectivity index (χ3v) is 1.82. The van der Waals surface area contributed by atoms with Gasteiger partial charge in [0.25, 0.3) is 0 Å². The van der Waals surface area contributed by atoms with Gasteiger partial charge in [-0.2, -0.15) is 0 Å². The Hall–Kier alpha value is -0.790. The molecule has 1 aliphatic heterocycles. The molecule has 1 atom stereocenters. The van der Waals surface area contributed by atoms with Crippen LogP contribution in [0.15, 0.2) is 12.2 Å². The van der Waals surface area contributed by atoms with Crippen LogP contribution >= 0.6 is 0 Å². The molecule has 2 nitrogen and oxygen atoms in total. The van der Waals surface area contributed by atoms with Crippen LogP contribution in [0.1, 0.15) is 20.8 Å². The first-order valence-corrected chi connectivity index (χ1v) is 3.63. The van der Waals surface area contributed by atoms with E-state index < -0.39 is 0 Å². The number of hydrogen-bond acceptors (Lipinski definition) is 1. The number of amides is 1. The zero-order valence-corrected chi connectivity index (χ0v) is 6.50. The molecule has 0 aliphatic carbocycles. The van der Waals surface area contributed by atoms with Gasteiger partial charge in [0.05, 0.1) is 5.92 Å². The van der Waals surface area contributed by atoms with Crippen molar-refractivity contribution >= 4 is 5.91 Å². The maximum Gasteiger partial charge on any atom is 0.228 e. The molecule has 0 bridgehead atoms. The Morgan fingerprint density at radius 3 is 2.91 bits per heavy atom. The molecule has 2 heteroatoms. The van der Waals surface area contributed by atoms with Crippen LogP contribution in [0.3, 0.4) is 0 Å². The summed E-state index contributed by atoms with van der Waals surface area (Å²) in [5.41, 5.74) is 0. The maximum absolute atomic E-state index is 11.2. The number of rotatable bonds is 0. The van der Waals surface area contributed by atoms with Crippen LogP contribution in [-0.2, 0) is 4.79 Å². The van der Waals surface area contributed by atoms with Crippen LogP contribution < -0.4 is 0 Å². The van der Waals surface area contributed by atoms with Crippen molar-refractivity contribution in [1.82, 2.24) is 4.90 Å². The summed E-state index contributed by atoms with van der Waals surface area (Å²) in [5, 5.41) is 0. The predicted molar refractivity (Wildman–Crippen MR) is 47.3 cm³/mol. The lowest BCUT2D eigenvalue weighted by Gasteiger charge is -2.15. The summed E-state index contributed by atoms with van der Waals surface area (Å²) in [6, 6.07) is 0. The molecule has 1 heterocycles. The number of hydrogen-bond donors (Lipinski definition) is 0. The van der Waals surface area contributed by atoms with E-state index in [1.54, 1.807) is 4.90 Å². The zero-order valence-electron chi connectivity index (χ0n) is 6.50. The van der Waals surface area contributed by atoms with Crippen LogP contribution in [0.4, 0.5) is 0 Å². The van der Waals surface area contributed by atoms with Crippen molar-refractivity contribution in [2.24, 2.45) is 5.92 Å². The molecule has 1 rings (SSSR count). The van der Waals surface area contributed by atoms with E-state index in [2.05, 4.69) is 6.08 Å². The first-order valence-electron chi connectivity index (χ1n) is 3.63. The van der Waals surface area contributed by atoms with Crippen LogP contribution in [0.2, 0.25) is 0 Å². The summed E-state index contributed by atoms with van der Waals surface area (Å²) in [6.07, 6.45) is 5.05. The normalized spacial score (nSPS) is 24.4. The van der Waals surface area contributed by atoms with E-state index in [-0.39, 0.29) is 19.3 Å². The summed E-state index contributed by atoms with van der Waals surface area (Å²) in [6.45, 7) is 2.79. The van der Waals surface area contributed by atoms with E-state index in [1.807, 2.05) is 20.0 Å². The second-order valence-corrected chi connectivity index (χ2v) is 2.77. The largest absolute Gasteiger partial charge is 0.345 e. The van der Waals surface area contributed by atoms with Crippen LogP contribution in [0, 0.1) is 5.92 Å². The van der Waals surface area contributed by atoms with Crippen molar-refractivity contribution in [3.05, 3.63) is 12.2 Å². The fourth-order valence-corrected chi connectivity index (χ4v) is 1.11. The first-order chi connectivity index (χ1) is 4.72. The van der Waals surface area contributed by atoms with Gasteiger partial charge in [-0.05, 0) is 6.42 Å². The highest BCUT2D eigenvalue weighted by Crippen LogP contribution is 2.07. The van der Waals surface area contributed by atoms with Gasteiger partial charge in [0.2, 0.25) is 5.91 Å². The summed E-state index contributed by atoms with van der Waals surface area (Å²) in [5.74, 6) is 0.307. The molecular formula is C9H17NO. The summed E-state index contributed by atoms with van der Waals surface area (Å²) >= 11 is 0. The van der Waals surface area contributed by atoms with Gasteiger partial charge in [-0.3, -0.25) is 4.79 Å². The molecule has 0 aromatic carbocycles. The first kappa shape index (κ1) is 10.2. The minimum atomic E-state index is 0.